The monoisotopic (exact) mass is 405 g/mol. The first-order valence-electron chi connectivity index (χ1n) is 8.01. The van der Waals surface area contributed by atoms with E-state index in [0.29, 0.717) is 16.7 Å². The molecule has 2 aromatic carbocycles. The van der Waals surface area contributed by atoms with Crippen LogP contribution in [0, 0.1) is 24.1 Å². The van der Waals surface area contributed by atoms with Crippen molar-refractivity contribution in [2.24, 2.45) is 0 Å². The van der Waals surface area contributed by atoms with E-state index in [4.69, 9.17) is 5.26 Å². The summed E-state index contributed by atoms with van der Waals surface area (Å²) in [6, 6.07) is 11.3. The highest BCUT2D eigenvalue weighted by Gasteiger charge is 2.20. The van der Waals surface area contributed by atoms with Crippen molar-refractivity contribution in [1.29, 1.82) is 5.26 Å². The highest BCUT2D eigenvalue weighted by atomic mass is 32.2. The standard InChI is InChI=1S/C19H14F3N3O2S/c1-11-7-12(3-4-13(11)10-23)17-9-16(19(21)22)24-25(17)14-5-6-18(15(20)8-14)28(2,26)27/h3-9,19H,1-2H3. The molecular weight excluding hydrogens is 391 g/mol. The fourth-order valence-corrected chi connectivity index (χ4v) is 3.51. The van der Waals surface area contributed by atoms with Crippen molar-refractivity contribution < 1.29 is 21.6 Å². The lowest BCUT2D eigenvalue weighted by Crippen LogP contribution is -2.05. The Morgan fingerprint density at radius 1 is 1.14 bits per heavy atom. The van der Waals surface area contributed by atoms with Crippen molar-refractivity contribution in [2.75, 3.05) is 6.26 Å². The quantitative estimate of drug-likeness (QED) is 0.652. The van der Waals surface area contributed by atoms with Crippen LogP contribution in [0.4, 0.5) is 13.2 Å². The molecule has 0 aliphatic heterocycles. The molecule has 0 amide bonds. The first-order chi connectivity index (χ1) is 13.1. The van der Waals surface area contributed by atoms with Crippen LogP contribution in [-0.4, -0.2) is 24.5 Å². The van der Waals surface area contributed by atoms with E-state index in [2.05, 4.69) is 5.10 Å². The average Bonchev–Trinajstić information content (AvgIpc) is 3.06. The Bertz CT molecular complexity index is 1210. The van der Waals surface area contributed by atoms with Gasteiger partial charge in [0.2, 0.25) is 0 Å². The zero-order chi connectivity index (χ0) is 20.6. The number of benzene rings is 2. The van der Waals surface area contributed by atoms with Crippen molar-refractivity contribution in [3.8, 4) is 23.0 Å². The van der Waals surface area contributed by atoms with Gasteiger partial charge in [-0.15, -0.1) is 0 Å². The minimum absolute atomic E-state index is 0.0915. The molecule has 0 unspecified atom stereocenters. The van der Waals surface area contributed by atoms with Crippen LogP contribution in [0.5, 0.6) is 0 Å². The van der Waals surface area contributed by atoms with E-state index in [0.717, 1.165) is 23.1 Å². The third-order valence-corrected chi connectivity index (χ3v) is 5.28. The molecule has 1 heterocycles. The fourth-order valence-electron chi connectivity index (χ4n) is 2.78. The summed E-state index contributed by atoms with van der Waals surface area (Å²) in [5.74, 6) is -1.00. The molecule has 0 saturated heterocycles. The SMILES string of the molecule is Cc1cc(-c2cc(C(F)F)nn2-c2ccc(S(C)(=O)=O)c(F)c2)ccc1C#N. The van der Waals surface area contributed by atoms with Crippen molar-refractivity contribution in [2.45, 2.75) is 18.2 Å². The maximum atomic E-state index is 14.3. The number of aromatic nitrogens is 2. The second-order valence-corrected chi connectivity index (χ2v) is 8.18. The van der Waals surface area contributed by atoms with E-state index in [1.54, 1.807) is 25.1 Å². The molecule has 3 aromatic rings. The second-order valence-electron chi connectivity index (χ2n) is 6.20. The molecule has 0 aliphatic carbocycles. The first-order valence-corrected chi connectivity index (χ1v) is 9.90. The molecule has 0 saturated carbocycles. The van der Waals surface area contributed by atoms with Gasteiger partial charge in [0, 0.05) is 17.9 Å². The Morgan fingerprint density at radius 3 is 2.39 bits per heavy atom. The van der Waals surface area contributed by atoms with Crippen LogP contribution in [0.15, 0.2) is 47.4 Å². The number of hydrogen-bond donors (Lipinski definition) is 0. The number of nitrogens with zero attached hydrogens (tertiary/aromatic N) is 3. The molecule has 0 fully saturated rings. The number of hydrogen-bond acceptors (Lipinski definition) is 4. The normalized spacial score (nSPS) is 11.6. The molecule has 5 nitrogen and oxygen atoms in total. The Hall–Kier alpha value is -3.12. The van der Waals surface area contributed by atoms with Gasteiger partial charge in [-0.25, -0.2) is 26.3 Å². The number of aryl methyl sites for hydroxylation is 1. The van der Waals surface area contributed by atoms with Gasteiger partial charge < -0.3 is 0 Å². The van der Waals surface area contributed by atoms with Crippen LogP contribution in [0.2, 0.25) is 0 Å². The molecule has 3 rings (SSSR count). The van der Waals surface area contributed by atoms with Crippen molar-refractivity contribution >= 4 is 9.84 Å². The number of alkyl halides is 2. The van der Waals surface area contributed by atoms with Gasteiger partial charge in [0.15, 0.2) is 9.84 Å². The summed E-state index contributed by atoms with van der Waals surface area (Å²) < 4.78 is 65.0. The fraction of sp³-hybridized carbons (Fsp3) is 0.158. The van der Waals surface area contributed by atoms with E-state index in [1.807, 2.05) is 6.07 Å². The largest absolute Gasteiger partial charge is 0.282 e. The highest BCUT2D eigenvalue weighted by molar-refractivity contribution is 7.90. The molecule has 0 spiro atoms. The van der Waals surface area contributed by atoms with E-state index < -0.39 is 32.7 Å². The number of halogens is 3. The van der Waals surface area contributed by atoms with Gasteiger partial charge in [-0.1, -0.05) is 6.07 Å². The van der Waals surface area contributed by atoms with Crippen molar-refractivity contribution in [3.63, 3.8) is 0 Å². The summed E-state index contributed by atoms with van der Waals surface area (Å²) in [6.45, 7) is 1.71. The van der Waals surface area contributed by atoms with E-state index >= 15 is 0 Å². The molecule has 0 N–H and O–H groups in total. The van der Waals surface area contributed by atoms with Crippen LogP contribution in [-0.2, 0) is 9.84 Å². The van der Waals surface area contributed by atoms with Gasteiger partial charge >= 0.3 is 0 Å². The number of sulfone groups is 1. The Kier molecular flexibility index (Phi) is 5.00. The van der Waals surface area contributed by atoms with Gasteiger partial charge in [-0.05, 0) is 42.8 Å². The van der Waals surface area contributed by atoms with Gasteiger partial charge in [0.25, 0.3) is 6.43 Å². The molecule has 0 bridgehead atoms. The van der Waals surface area contributed by atoms with Crippen LogP contribution in [0.3, 0.4) is 0 Å². The van der Waals surface area contributed by atoms with Gasteiger partial charge in [0.1, 0.15) is 16.4 Å². The summed E-state index contributed by atoms with van der Waals surface area (Å²) >= 11 is 0. The van der Waals surface area contributed by atoms with E-state index in [-0.39, 0.29) is 11.4 Å². The zero-order valence-electron chi connectivity index (χ0n) is 14.8. The third-order valence-electron chi connectivity index (χ3n) is 4.15. The third kappa shape index (κ3) is 3.64. The molecule has 1 aromatic heterocycles. The van der Waals surface area contributed by atoms with Gasteiger partial charge in [-0.2, -0.15) is 10.4 Å². The topological polar surface area (TPSA) is 75.8 Å². The Morgan fingerprint density at radius 2 is 1.86 bits per heavy atom. The van der Waals surface area contributed by atoms with Gasteiger partial charge in [-0.3, -0.25) is 0 Å². The smallest absolute Gasteiger partial charge is 0.233 e. The van der Waals surface area contributed by atoms with Crippen LogP contribution >= 0.6 is 0 Å². The Balaban J connectivity index is 2.21. The lowest BCUT2D eigenvalue weighted by molar-refractivity contribution is 0.145. The van der Waals surface area contributed by atoms with Crippen LogP contribution < -0.4 is 0 Å². The minimum Gasteiger partial charge on any atom is -0.233 e. The second kappa shape index (κ2) is 7.13. The molecular formula is C19H14F3N3O2S. The predicted octanol–water partition coefficient (Wildman–Crippen LogP) is 4.20. The maximum Gasteiger partial charge on any atom is 0.282 e. The van der Waals surface area contributed by atoms with Crippen molar-refractivity contribution in [3.05, 3.63) is 65.1 Å². The molecule has 0 atom stereocenters. The maximum absolute atomic E-state index is 14.3. The van der Waals surface area contributed by atoms with E-state index in [9.17, 15) is 21.6 Å². The summed E-state index contributed by atoms with van der Waals surface area (Å²) in [4.78, 5) is -0.492. The predicted molar refractivity (Wildman–Crippen MR) is 96.5 cm³/mol. The average molecular weight is 405 g/mol. The summed E-state index contributed by atoms with van der Waals surface area (Å²) in [7, 11) is -3.77. The van der Waals surface area contributed by atoms with Crippen LogP contribution in [0.1, 0.15) is 23.2 Å². The minimum atomic E-state index is -3.77. The lowest BCUT2D eigenvalue weighted by atomic mass is 10.0. The van der Waals surface area contributed by atoms with E-state index in [1.165, 1.54) is 12.1 Å². The Labute approximate surface area is 159 Å². The summed E-state index contributed by atoms with van der Waals surface area (Å²) in [6.07, 6.45) is -1.97. The molecule has 9 heteroatoms. The van der Waals surface area contributed by atoms with Crippen LogP contribution in [0.25, 0.3) is 16.9 Å². The number of rotatable bonds is 4. The molecule has 28 heavy (non-hydrogen) atoms. The molecule has 144 valence electrons. The molecule has 0 radical (unpaired) electrons. The lowest BCUT2D eigenvalue weighted by Gasteiger charge is -2.10. The summed E-state index contributed by atoms with van der Waals surface area (Å²) in [5.41, 5.74) is 1.42. The zero-order valence-corrected chi connectivity index (χ0v) is 15.6. The number of nitriles is 1. The molecule has 0 aliphatic rings. The summed E-state index contributed by atoms with van der Waals surface area (Å²) in [5, 5.41) is 12.9. The highest BCUT2D eigenvalue weighted by Crippen LogP contribution is 2.30. The van der Waals surface area contributed by atoms with Crippen molar-refractivity contribution in [1.82, 2.24) is 9.78 Å². The van der Waals surface area contributed by atoms with Gasteiger partial charge in [0.05, 0.1) is 23.0 Å². The first kappa shape index (κ1) is 19.6.